The van der Waals surface area contributed by atoms with Crippen LogP contribution in [0.5, 0.6) is 11.5 Å². The molecule has 0 spiro atoms. The molecule has 2 atom stereocenters. The first-order valence-corrected chi connectivity index (χ1v) is 10.4. The van der Waals surface area contributed by atoms with E-state index in [4.69, 9.17) is 14.2 Å². The van der Waals surface area contributed by atoms with Crippen LogP contribution in [-0.2, 0) is 16.1 Å². The van der Waals surface area contributed by atoms with Gasteiger partial charge in [0, 0.05) is 31.4 Å². The van der Waals surface area contributed by atoms with Crippen LogP contribution < -0.4 is 15.0 Å². The van der Waals surface area contributed by atoms with E-state index in [9.17, 15) is 9.59 Å². The van der Waals surface area contributed by atoms with E-state index in [-0.39, 0.29) is 30.1 Å². The van der Waals surface area contributed by atoms with Crippen molar-refractivity contribution in [3.8, 4) is 11.5 Å². The first-order chi connectivity index (χ1) is 15.1. The Labute approximate surface area is 179 Å². The average Bonchev–Trinajstić information content (AvgIpc) is 3.46. The van der Waals surface area contributed by atoms with Gasteiger partial charge in [-0.05, 0) is 37.8 Å². The molecule has 1 fully saturated rings. The number of aromatic nitrogens is 4. The smallest absolute Gasteiger partial charge is 0.306 e. The van der Waals surface area contributed by atoms with Gasteiger partial charge in [0.2, 0.25) is 0 Å². The molecule has 1 aliphatic carbocycles. The van der Waals surface area contributed by atoms with E-state index in [0.29, 0.717) is 35.4 Å². The summed E-state index contributed by atoms with van der Waals surface area (Å²) in [5.41, 5.74) is 0.345. The molecule has 164 valence electrons. The van der Waals surface area contributed by atoms with Crippen molar-refractivity contribution in [3.05, 3.63) is 47.3 Å². The quantitative estimate of drug-likeness (QED) is 0.511. The number of rotatable bonds is 8. The fourth-order valence-electron chi connectivity index (χ4n) is 4.09. The zero-order valence-electron chi connectivity index (χ0n) is 17.7. The van der Waals surface area contributed by atoms with Crippen LogP contribution >= 0.6 is 0 Å². The highest BCUT2D eigenvalue weighted by molar-refractivity contribution is 5.81. The molecule has 0 amide bonds. The predicted octanol–water partition coefficient (Wildman–Crippen LogP) is 2.73. The van der Waals surface area contributed by atoms with Crippen molar-refractivity contribution in [3.63, 3.8) is 0 Å². The molecule has 3 aromatic rings. The number of nitrogens with zero attached hydrogens (tertiary/aromatic N) is 4. The van der Waals surface area contributed by atoms with Crippen LogP contribution in [0.3, 0.4) is 0 Å². The van der Waals surface area contributed by atoms with Crippen molar-refractivity contribution in [2.75, 3.05) is 14.2 Å². The standard InChI is InChI=1S/C22H26N4O5/c1-29-19-12-15-16(13-20(19)30-2)23-14-25(22(15)28)10-4-8-21(27)31-18-7-3-6-17(18)26-11-5-9-24-26/h5,9,11-14,17-18H,3-4,6-8,10H2,1-2H3/t17-,18-/m1/s1. The number of fused-ring (bicyclic) bond motifs is 1. The Bertz CT molecular complexity index is 1110. The van der Waals surface area contributed by atoms with Gasteiger partial charge in [-0.15, -0.1) is 0 Å². The number of esters is 1. The Morgan fingerprint density at radius 1 is 1.19 bits per heavy atom. The van der Waals surface area contributed by atoms with Crippen molar-refractivity contribution in [2.45, 2.75) is 50.8 Å². The lowest BCUT2D eigenvalue weighted by molar-refractivity contribution is -0.150. The van der Waals surface area contributed by atoms with Gasteiger partial charge < -0.3 is 14.2 Å². The lowest BCUT2D eigenvalue weighted by Crippen LogP contribution is -2.26. The van der Waals surface area contributed by atoms with Gasteiger partial charge in [0.1, 0.15) is 6.10 Å². The topological polar surface area (TPSA) is 97.5 Å². The minimum absolute atomic E-state index is 0.0956. The summed E-state index contributed by atoms with van der Waals surface area (Å²) < 4.78 is 19.6. The summed E-state index contributed by atoms with van der Waals surface area (Å²) in [5.74, 6) is 0.735. The molecule has 0 aliphatic heterocycles. The first-order valence-electron chi connectivity index (χ1n) is 10.4. The number of ether oxygens (including phenoxy) is 3. The third-order valence-electron chi connectivity index (χ3n) is 5.67. The molecule has 4 rings (SSSR count). The number of benzene rings is 1. The Hall–Kier alpha value is -3.36. The molecule has 9 nitrogen and oxygen atoms in total. The highest BCUT2D eigenvalue weighted by atomic mass is 16.5. The largest absolute Gasteiger partial charge is 0.493 e. The maximum Gasteiger partial charge on any atom is 0.306 e. The van der Waals surface area contributed by atoms with Crippen LogP contribution in [0.15, 0.2) is 41.7 Å². The Morgan fingerprint density at radius 3 is 2.74 bits per heavy atom. The molecule has 0 unspecified atom stereocenters. The Kier molecular flexibility index (Phi) is 6.20. The van der Waals surface area contributed by atoms with Crippen molar-refractivity contribution < 1.29 is 19.0 Å². The van der Waals surface area contributed by atoms with E-state index < -0.39 is 0 Å². The van der Waals surface area contributed by atoms with E-state index in [1.54, 1.807) is 18.3 Å². The molecule has 31 heavy (non-hydrogen) atoms. The van der Waals surface area contributed by atoms with E-state index in [2.05, 4.69) is 10.1 Å². The molecular formula is C22H26N4O5. The van der Waals surface area contributed by atoms with Gasteiger partial charge in [0.05, 0.1) is 37.5 Å². The third-order valence-corrected chi connectivity index (χ3v) is 5.67. The molecule has 2 heterocycles. The monoisotopic (exact) mass is 426 g/mol. The summed E-state index contributed by atoms with van der Waals surface area (Å²) in [6, 6.07) is 5.27. The Balaban J connectivity index is 1.37. The van der Waals surface area contributed by atoms with Gasteiger partial charge in [-0.25, -0.2) is 4.98 Å². The minimum Gasteiger partial charge on any atom is -0.493 e. The lowest BCUT2D eigenvalue weighted by Gasteiger charge is -2.20. The van der Waals surface area contributed by atoms with Crippen LogP contribution in [-0.4, -0.2) is 45.6 Å². The lowest BCUT2D eigenvalue weighted by atomic mass is 10.2. The molecular weight excluding hydrogens is 400 g/mol. The summed E-state index contributed by atoms with van der Waals surface area (Å²) >= 11 is 0. The summed E-state index contributed by atoms with van der Waals surface area (Å²) in [5, 5.41) is 4.72. The van der Waals surface area contributed by atoms with Crippen LogP contribution in [0, 0.1) is 0 Å². The van der Waals surface area contributed by atoms with Crippen molar-refractivity contribution in [1.29, 1.82) is 0 Å². The normalized spacial score (nSPS) is 18.3. The SMILES string of the molecule is COc1cc2ncn(CCCC(=O)O[C@@H]3CCC[C@H]3n3cccn3)c(=O)c2cc1OC. The van der Waals surface area contributed by atoms with Crippen LogP contribution in [0.1, 0.15) is 38.1 Å². The molecule has 0 radical (unpaired) electrons. The second kappa shape index (κ2) is 9.20. The average molecular weight is 426 g/mol. The molecule has 1 aromatic carbocycles. The van der Waals surface area contributed by atoms with E-state index in [1.165, 1.54) is 25.1 Å². The molecule has 0 saturated heterocycles. The van der Waals surface area contributed by atoms with E-state index in [0.717, 1.165) is 19.3 Å². The fraction of sp³-hybridized carbons (Fsp3) is 0.455. The van der Waals surface area contributed by atoms with Crippen LogP contribution in [0.2, 0.25) is 0 Å². The Morgan fingerprint density at radius 2 is 2.00 bits per heavy atom. The predicted molar refractivity (Wildman–Crippen MR) is 113 cm³/mol. The zero-order chi connectivity index (χ0) is 21.8. The number of hydrogen-bond donors (Lipinski definition) is 0. The van der Waals surface area contributed by atoms with Gasteiger partial charge in [0.15, 0.2) is 11.5 Å². The van der Waals surface area contributed by atoms with Gasteiger partial charge in [0.25, 0.3) is 5.56 Å². The highest BCUT2D eigenvalue weighted by Gasteiger charge is 2.32. The summed E-state index contributed by atoms with van der Waals surface area (Å²) in [7, 11) is 3.05. The minimum atomic E-state index is -0.253. The van der Waals surface area contributed by atoms with Crippen LogP contribution in [0.25, 0.3) is 10.9 Å². The van der Waals surface area contributed by atoms with Crippen molar-refractivity contribution in [1.82, 2.24) is 19.3 Å². The van der Waals surface area contributed by atoms with Gasteiger partial charge in [-0.1, -0.05) is 0 Å². The number of aryl methyl sites for hydroxylation is 1. The number of hydrogen-bond acceptors (Lipinski definition) is 7. The number of carbonyl (C=O) groups excluding carboxylic acids is 1. The second-order valence-corrected chi connectivity index (χ2v) is 7.58. The van der Waals surface area contributed by atoms with Gasteiger partial charge in [-0.3, -0.25) is 18.8 Å². The van der Waals surface area contributed by atoms with E-state index in [1.807, 2.05) is 16.9 Å². The third kappa shape index (κ3) is 4.40. The number of carbonyl (C=O) groups is 1. The summed E-state index contributed by atoms with van der Waals surface area (Å²) in [6.07, 6.45) is 8.50. The van der Waals surface area contributed by atoms with Gasteiger partial charge in [-0.2, -0.15) is 5.10 Å². The maximum atomic E-state index is 12.8. The molecule has 9 heteroatoms. The zero-order valence-corrected chi connectivity index (χ0v) is 17.7. The molecule has 0 N–H and O–H groups in total. The first kappa shape index (κ1) is 20.9. The van der Waals surface area contributed by atoms with E-state index >= 15 is 0 Å². The number of methoxy groups -OCH3 is 2. The second-order valence-electron chi connectivity index (χ2n) is 7.58. The molecule has 1 aliphatic rings. The maximum absolute atomic E-state index is 12.8. The summed E-state index contributed by atoms with van der Waals surface area (Å²) in [4.78, 5) is 29.5. The molecule has 0 bridgehead atoms. The summed E-state index contributed by atoms with van der Waals surface area (Å²) in [6.45, 7) is 0.373. The molecule has 2 aromatic heterocycles. The highest BCUT2D eigenvalue weighted by Crippen LogP contribution is 2.32. The van der Waals surface area contributed by atoms with Gasteiger partial charge >= 0.3 is 5.97 Å². The van der Waals surface area contributed by atoms with Crippen LogP contribution in [0.4, 0.5) is 0 Å². The van der Waals surface area contributed by atoms with Crippen molar-refractivity contribution in [2.24, 2.45) is 0 Å². The fourth-order valence-corrected chi connectivity index (χ4v) is 4.09. The van der Waals surface area contributed by atoms with Crippen molar-refractivity contribution >= 4 is 16.9 Å². The molecule has 1 saturated carbocycles.